The Morgan fingerprint density at radius 3 is 3.17 bits per heavy atom. The molecule has 0 saturated heterocycles. The summed E-state index contributed by atoms with van der Waals surface area (Å²) in [6.07, 6.45) is 1.28. The molecule has 62 valence electrons. The molecule has 0 bridgehead atoms. The van der Waals surface area contributed by atoms with Crippen LogP contribution in [0.4, 0.5) is 0 Å². The first-order valence-corrected chi connectivity index (χ1v) is 3.43. The van der Waals surface area contributed by atoms with Gasteiger partial charge in [-0.2, -0.15) is 0 Å². The van der Waals surface area contributed by atoms with Gasteiger partial charge in [-0.3, -0.25) is 9.36 Å². The highest BCUT2D eigenvalue weighted by Gasteiger charge is 2.12. The summed E-state index contributed by atoms with van der Waals surface area (Å²) in [4.78, 5) is 14.8. The lowest BCUT2D eigenvalue weighted by Crippen LogP contribution is -2.21. The Bertz CT molecular complexity index is 419. The Morgan fingerprint density at radius 2 is 2.42 bits per heavy atom. The van der Waals surface area contributed by atoms with Crippen LogP contribution in [0.3, 0.4) is 0 Å². The van der Waals surface area contributed by atoms with Crippen molar-refractivity contribution in [2.24, 2.45) is 10.7 Å². The lowest BCUT2D eigenvalue weighted by atomic mass is 10.3. The van der Waals surface area contributed by atoms with E-state index in [1.54, 1.807) is 0 Å². The van der Waals surface area contributed by atoms with Gasteiger partial charge >= 0.3 is 0 Å². The van der Waals surface area contributed by atoms with Crippen molar-refractivity contribution in [2.75, 3.05) is 0 Å². The maximum atomic E-state index is 10.9. The molecule has 0 spiro atoms. The molecule has 0 amide bonds. The fourth-order valence-corrected chi connectivity index (χ4v) is 1.14. The number of hydrogen-bond acceptors (Lipinski definition) is 4. The van der Waals surface area contributed by atoms with Gasteiger partial charge in [-0.1, -0.05) is 0 Å². The predicted molar refractivity (Wildman–Crippen MR) is 43.1 cm³/mol. The van der Waals surface area contributed by atoms with E-state index in [4.69, 9.17) is 10.8 Å². The average molecular weight is 165 g/mol. The zero-order chi connectivity index (χ0) is 8.72. The van der Waals surface area contributed by atoms with Crippen molar-refractivity contribution < 1.29 is 5.11 Å². The molecule has 3 N–H and O–H groups in total. The molecule has 0 radical (unpaired) electrons. The van der Waals surface area contributed by atoms with Gasteiger partial charge in [0.1, 0.15) is 0 Å². The summed E-state index contributed by atoms with van der Waals surface area (Å²) in [5.41, 5.74) is 5.77. The SMILES string of the molecule is NC1=NCc2cc(=O)c(O)cn21. The van der Waals surface area contributed by atoms with E-state index in [1.807, 2.05) is 0 Å². The lowest BCUT2D eigenvalue weighted by molar-refractivity contribution is 0.465. The maximum absolute atomic E-state index is 10.9. The van der Waals surface area contributed by atoms with Crippen LogP contribution in [-0.2, 0) is 6.54 Å². The normalized spacial score (nSPS) is 14.2. The van der Waals surface area contributed by atoms with Crippen LogP contribution in [0.2, 0.25) is 0 Å². The first-order valence-electron chi connectivity index (χ1n) is 3.43. The minimum Gasteiger partial charge on any atom is -0.503 e. The van der Waals surface area contributed by atoms with Gasteiger partial charge in [0.15, 0.2) is 11.7 Å². The first kappa shape index (κ1) is 6.90. The van der Waals surface area contributed by atoms with E-state index in [2.05, 4.69) is 4.99 Å². The van der Waals surface area contributed by atoms with Crippen LogP contribution in [0.25, 0.3) is 0 Å². The topological polar surface area (TPSA) is 80.6 Å². The van der Waals surface area contributed by atoms with E-state index < -0.39 is 5.43 Å². The molecule has 0 fully saturated rings. The van der Waals surface area contributed by atoms with Crippen molar-refractivity contribution in [3.05, 3.63) is 28.2 Å². The minimum absolute atomic E-state index is 0.306. The van der Waals surface area contributed by atoms with Gasteiger partial charge in [0.05, 0.1) is 18.4 Å². The fraction of sp³-hybridized carbons (Fsp3) is 0.143. The number of aromatic nitrogens is 1. The standard InChI is InChI=1S/C7H7N3O2/c8-7-9-2-4-1-5(11)6(12)3-10(4)7/h1,3,12H,2H2,(H2,8,9). The zero-order valence-corrected chi connectivity index (χ0v) is 6.19. The first-order chi connectivity index (χ1) is 5.68. The Balaban J connectivity index is 2.71. The Hall–Kier alpha value is -1.78. The second-order valence-electron chi connectivity index (χ2n) is 2.56. The van der Waals surface area contributed by atoms with Crippen LogP contribution in [-0.4, -0.2) is 15.6 Å². The molecular formula is C7H7N3O2. The summed E-state index contributed by atoms with van der Waals surface area (Å²) < 4.78 is 1.50. The van der Waals surface area contributed by atoms with E-state index in [9.17, 15) is 4.79 Å². The molecule has 5 heteroatoms. The monoisotopic (exact) mass is 165 g/mol. The van der Waals surface area contributed by atoms with Crippen molar-refractivity contribution in [1.29, 1.82) is 0 Å². The Kier molecular flexibility index (Phi) is 1.21. The number of pyridine rings is 1. The van der Waals surface area contributed by atoms with Crippen molar-refractivity contribution in [1.82, 2.24) is 4.57 Å². The van der Waals surface area contributed by atoms with E-state index >= 15 is 0 Å². The summed E-state index contributed by atoms with van der Waals surface area (Å²) in [5, 5.41) is 9.06. The number of nitrogens with two attached hydrogens (primary N) is 1. The van der Waals surface area contributed by atoms with Gasteiger partial charge in [0.2, 0.25) is 5.43 Å². The second-order valence-corrected chi connectivity index (χ2v) is 2.56. The lowest BCUT2D eigenvalue weighted by Gasteiger charge is -2.02. The van der Waals surface area contributed by atoms with E-state index in [-0.39, 0.29) is 5.75 Å². The molecule has 0 aromatic carbocycles. The Labute approximate surface area is 67.8 Å². The van der Waals surface area contributed by atoms with Gasteiger partial charge < -0.3 is 10.8 Å². The molecule has 0 aliphatic carbocycles. The fourth-order valence-electron chi connectivity index (χ4n) is 1.14. The molecule has 0 atom stereocenters. The number of hydrogen-bond donors (Lipinski definition) is 2. The molecular weight excluding hydrogens is 158 g/mol. The van der Waals surface area contributed by atoms with Crippen molar-refractivity contribution in [2.45, 2.75) is 6.54 Å². The third kappa shape index (κ3) is 0.795. The summed E-state index contributed by atoms with van der Waals surface area (Å²) in [6, 6.07) is 1.33. The molecule has 0 saturated carbocycles. The second kappa shape index (κ2) is 2.10. The smallest absolute Gasteiger partial charge is 0.223 e. The summed E-state index contributed by atoms with van der Waals surface area (Å²) >= 11 is 0. The molecule has 2 heterocycles. The third-order valence-corrected chi connectivity index (χ3v) is 1.76. The number of rotatable bonds is 0. The quantitative estimate of drug-likeness (QED) is 0.529. The summed E-state index contributed by atoms with van der Waals surface area (Å²) in [7, 11) is 0. The van der Waals surface area contributed by atoms with Crippen molar-refractivity contribution in [3.63, 3.8) is 0 Å². The van der Waals surface area contributed by atoms with E-state index in [0.29, 0.717) is 18.2 Å². The molecule has 2 rings (SSSR count). The highest BCUT2D eigenvalue weighted by molar-refractivity contribution is 5.83. The minimum atomic E-state index is -0.397. The van der Waals surface area contributed by atoms with Crippen LogP contribution in [0, 0.1) is 0 Å². The number of aromatic hydroxyl groups is 1. The number of fused-ring (bicyclic) bond motifs is 1. The van der Waals surface area contributed by atoms with Crippen LogP contribution < -0.4 is 11.2 Å². The van der Waals surface area contributed by atoms with Crippen molar-refractivity contribution in [3.8, 4) is 5.75 Å². The molecule has 0 unspecified atom stereocenters. The maximum Gasteiger partial charge on any atom is 0.223 e. The summed E-state index contributed by atoms with van der Waals surface area (Å²) in [6.45, 7) is 0.404. The van der Waals surface area contributed by atoms with Gasteiger partial charge in [-0.25, -0.2) is 4.99 Å². The van der Waals surface area contributed by atoms with Crippen LogP contribution >= 0.6 is 0 Å². The predicted octanol–water partition coefficient (Wildman–Crippen LogP) is -0.770. The summed E-state index contributed by atoms with van der Waals surface area (Å²) in [5.74, 6) is -0.000833. The molecule has 1 aliphatic rings. The number of nitrogens with zero attached hydrogens (tertiary/aromatic N) is 2. The van der Waals surface area contributed by atoms with Crippen LogP contribution in [0.15, 0.2) is 22.1 Å². The molecule has 1 aromatic rings. The highest BCUT2D eigenvalue weighted by Crippen LogP contribution is 2.10. The molecule has 1 aromatic heterocycles. The molecule has 1 aliphatic heterocycles. The van der Waals surface area contributed by atoms with E-state index in [0.717, 1.165) is 0 Å². The van der Waals surface area contributed by atoms with Crippen LogP contribution in [0.5, 0.6) is 5.75 Å². The number of aliphatic imine (C=N–C) groups is 1. The molecule has 5 nitrogen and oxygen atoms in total. The highest BCUT2D eigenvalue weighted by atomic mass is 16.3. The van der Waals surface area contributed by atoms with Gasteiger partial charge in [0, 0.05) is 6.07 Å². The van der Waals surface area contributed by atoms with Gasteiger partial charge in [0.25, 0.3) is 0 Å². The largest absolute Gasteiger partial charge is 0.503 e. The van der Waals surface area contributed by atoms with Gasteiger partial charge in [-0.15, -0.1) is 0 Å². The van der Waals surface area contributed by atoms with Crippen LogP contribution in [0.1, 0.15) is 5.69 Å². The zero-order valence-electron chi connectivity index (χ0n) is 6.19. The average Bonchev–Trinajstić information content (AvgIpc) is 2.35. The Morgan fingerprint density at radius 1 is 1.67 bits per heavy atom. The third-order valence-electron chi connectivity index (χ3n) is 1.76. The van der Waals surface area contributed by atoms with E-state index in [1.165, 1.54) is 16.8 Å². The molecule has 12 heavy (non-hydrogen) atoms. The van der Waals surface area contributed by atoms with Gasteiger partial charge in [-0.05, 0) is 0 Å². The van der Waals surface area contributed by atoms with Crippen molar-refractivity contribution >= 4 is 5.96 Å².